The fourth-order valence-electron chi connectivity index (χ4n) is 3.66. The van der Waals surface area contributed by atoms with E-state index >= 15 is 0 Å². The van der Waals surface area contributed by atoms with Crippen LogP contribution < -0.4 is 5.32 Å². The van der Waals surface area contributed by atoms with Crippen LogP contribution in [0, 0.1) is 5.82 Å². The molecule has 118 valence electrons. The lowest BCUT2D eigenvalue weighted by Crippen LogP contribution is -2.24. The van der Waals surface area contributed by atoms with Gasteiger partial charge in [0.15, 0.2) is 0 Å². The van der Waals surface area contributed by atoms with E-state index in [1.54, 1.807) is 0 Å². The molecule has 2 aliphatic heterocycles. The van der Waals surface area contributed by atoms with Gasteiger partial charge in [-0.1, -0.05) is 24.3 Å². The molecule has 1 amide bonds. The predicted octanol–water partition coefficient (Wildman–Crippen LogP) is 3.36. The van der Waals surface area contributed by atoms with Crippen LogP contribution in [0.2, 0.25) is 0 Å². The minimum Gasteiger partial charge on any atom is -0.381 e. The first-order chi connectivity index (χ1) is 11.2. The molecule has 0 bridgehead atoms. The molecule has 0 aromatic heterocycles. The lowest BCUT2D eigenvalue weighted by atomic mass is 9.78. The Morgan fingerprint density at radius 2 is 1.83 bits per heavy atom. The summed E-state index contributed by atoms with van der Waals surface area (Å²) in [5.74, 6) is 0.334. The van der Waals surface area contributed by atoms with Gasteiger partial charge in [-0.2, -0.15) is 0 Å². The minimum atomic E-state index is -0.218. The van der Waals surface area contributed by atoms with Crippen LogP contribution in [0.3, 0.4) is 0 Å². The van der Waals surface area contributed by atoms with Gasteiger partial charge in [0.05, 0.1) is 6.61 Å². The second-order valence-electron chi connectivity index (χ2n) is 6.23. The van der Waals surface area contributed by atoms with Crippen LogP contribution in [-0.4, -0.2) is 19.1 Å². The number of benzene rings is 2. The smallest absolute Gasteiger partial charge is 0.251 e. The standard InChI is InChI=1S/C19H18FNO2/c20-15-4-1-12(2-5-15)18-11-23-8-7-16(18)13-3-6-17-14(9-13)10-21-19(17)22/h1-6,9,16,18H,7-8,10-11H2,(H,21,22). The zero-order valence-corrected chi connectivity index (χ0v) is 12.7. The first-order valence-corrected chi connectivity index (χ1v) is 7.96. The summed E-state index contributed by atoms with van der Waals surface area (Å²) in [5, 5.41) is 2.86. The van der Waals surface area contributed by atoms with Crippen LogP contribution in [0.5, 0.6) is 0 Å². The monoisotopic (exact) mass is 311 g/mol. The van der Waals surface area contributed by atoms with E-state index in [0.717, 1.165) is 29.7 Å². The van der Waals surface area contributed by atoms with Crippen molar-refractivity contribution in [2.24, 2.45) is 0 Å². The van der Waals surface area contributed by atoms with Gasteiger partial charge in [-0.3, -0.25) is 4.79 Å². The van der Waals surface area contributed by atoms with Gasteiger partial charge in [0, 0.05) is 24.6 Å². The van der Waals surface area contributed by atoms with Crippen molar-refractivity contribution >= 4 is 5.91 Å². The van der Waals surface area contributed by atoms with Gasteiger partial charge in [-0.05, 0) is 47.2 Å². The van der Waals surface area contributed by atoms with Crippen LogP contribution in [0.1, 0.15) is 45.3 Å². The van der Waals surface area contributed by atoms with Crippen molar-refractivity contribution in [1.29, 1.82) is 0 Å². The van der Waals surface area contributed by atoms with Crippen molar-refractivity contribution in [3.63, 3.8) is 0 Å². The summed E-state index contributed by atoms with van der Waals surface area (Å²) < 4.78 is 18.9. The predicted molar refractivity (Wildman–Crippen MR) is 84.9 cm³/mol. The Morgan fingerprint density at radius 3 is 2.65 bits per heavy atom. The number of ether oxygens (including phenoxy) is 1. The van der Waals surface area contributed by atoms with E-state index in [0.29, 0.717) is 19.1 Å². The molecular weight excluding hydrogens is 293 g/mol. The molecule has 1 saturated heterocycles. The molecule has 3 nitrogen and oxygen atoms in total. The number of nitrogens with one attached hydrogen (secondary N) is 1. The van der Waals surface area contributed by atoms with Gasteiger partial charge < -0.3 is 10.1 Å². The van der Waals surface area contributed by atoms with Gasteiger partial charge in [-0.15, -0.1) is 0 Å². The number of fused-ring (bicyclic) bond motifs is 1. The molecular formula is C19H18FNO2. The maximum absolute atomic E-state index is 13.2. The van der Waals surface area contributed by atoms with E-state index in [-0.39, 0.29) is 17.6 Å². The van der Waals surface area contributed by atoms with E-state index in [1.165, 1.54) is 17.7 Å². The Hall–Kier alpha value is -2.20. The SMILES string of the molecule is O=C1NCc2cc(C3CCOCC3c3ccc(F)cc3)ccc21. The van der Waals surface area contributed by atoms with Gasteiger partial charge in [-0.25, -0.2) is 4.39 Å². The summed E-state index contributed by atoms with van der Waals surface area (Å²) in [6, 6.07) is 12.8. The van der Waals surface area contributed by atoms with Crippen molar-refractivity contribution in [1.82, 2.24) is 5.32 Å². The molecule has 2 heterocycles. The largest absolute Gasteiger partial charge is 0.381 e. The molecule has 2 aromatic rings. The maximum atomic E-state index is 13.2. The van der Waals surface area contributed by atoms with E-state index < -0.39 is 0 Å². The summed E-state index contributed by atoms with van der Waals surface area (Å²) in [6.07, 6.45) is 0.933. The molecule has 2 aromatic carbocycles. The molecule has 4 rings (SSSR count). The van der Waals surface area contributed by atoms with Crippen molar-refractivity contribution in [2.75, 3.05) is 13.2 Å². The van der Waals surface area contributed by atoms with E-state index in [4.69, 9.17) is 4.74 Å². The van der Waals surface area contributed by atoms with Gasteiger partial charge in [0.2, 0.25) is 0 Å². The average molecular weight is 311 g/mol. The van der Waals surface area contributed by atoms with E-state index in [9.17, 15) is 9.18 Å². The zero-order valence-electron chi connectivity index (χ0n) is 12.7. The highest BCUT2D eigenvalue weighted by atomic mass is 19.1. The lowest BCUT2D eigenvalue weighted by Gasteiger charge is -2.32. The molecule has 4 heteroatoms. The van der Waals surface area contributed by atoms with E-state index in [2.05, 4.69) is 17.4 Å². The third-order valence-corrected chi connectivity index (χ3v) is 4.90. The maximum Gasteiger partial charge on any atom is 0.251 e. The summed E-state index contributed by atoms with van der Waals surface area (Å²) in [7, 11) is 0. The minimum absolute atomic E-state index is 0.00797. The number of carbonyl (C=O) groups is 1. The molecule has 0 spiro atoms. The number of hydrogen-bond donors (Lipinski definition) is 1. The number of halogens is 1. The summed E-state index contributed by atoms with van der Waals surface area (Å²) in [5.41, 5.74) is 4.18. The van der Waals surface area contributed by atoms with Gasteiger partial charge >= 0.3 is 0 Å². The quantitative estimate of drug-likeness (QED) is 0.923. The average Bonchev–Trinajstić information content (AvgIpc) is 2.96. The highest BCUT2D eigenvalue weighted by Gasteiger charge is 2.30. The van der Waals surface area contributed by atoms with Crippen molar-refractivity contribution in [3.05, 3.63) is 70.5 Å². The third-order valence-electron chi connectivity index (χ3n) is 4.90. The molecule has 23 heavy (non-hydrogen) atoms. The molecule has 2 aliphatic rings. The second kappa shape index (κ2) is 5.78. The number of amides is 1. The third kappa shape index (κ3) is 2.63. The van der Waals surface area contributed by atoms with Crippen LogP contribution in [-0.2, 0) is 11.3 Å². The molecule has 1 fully saturated rings. The first kappa shape index (κ1) is 14.4. The van der Waals surface area contributed by atoms with Crippen LogP contribution in [0.4, 0.5) is 4.39 Å². The van der Waals surface area contributed by atoms with Crippen molar-refractivity contribution in [2.45, 2.75) is 24.8 Å². The molecule has 0 saturated carbocycles. The van der Waals surface area contributed by atoms with E-state index in [1.807, 2.05) is 18.2 Å². The molecule has 1 N–H and O–H groups in total. The number of hydrogen-bond acceptors (Lipinski definition) is 2. The summed E-state index contributed by atoms with van der Waals surface area (Å²) in [4.78, 5) is 11.7. The normalized spacial score (nSPS) is 23.4. The fourth-order valence-corrected chi connectivity index (χ4v) is 3.66. The summed E-state index contributed by atoms with van der Waals surface area (Å²) in [6.45, 7) is 1.98. The molecule has 2 atom stereocenters. The molecule has 2 unspecified atom stereocenters. The van der Waals surface area contributed by atoms with Gasteiger partial charge in [0.1, 0.15) is 5.82 Å². The Morgan fingerprint density at radius 1 is 1.04 bits per heavy atom. The molecule has 0 radical (unpaired) electrons. The van der Waals surface area contributed by atoms with Crippen molar-refractivity contribution in [3.8, 4) is 0 Å². The molecule has 0 aliphatic carbocycles. The van der Waals surface area contributed by atoms with Gasteiger partial charge in [0.25, 0.3) is 5.91 Å². The van der Waals surface area contributed by atoms with Crippen LogP contribution >= 0.6 is 0 Å². The van der Waals surface area contributed by atoms with Crippen molar-refractivity contribution < 1.29 is 13.9 Å². The zero-order chi connectivity index (χ0) is 15.8. The number of carbonyl (C=O) groups excluding carboxylic acids is 1. The Balaban J connectivity index is 1.68. The Labute approximate surface area is 134 Å². The van der Waals surface area contributed by atoms with Crippen LogP contribution in [0.15, 0.2) is 42.5 Å². The fraction of sp³-hybridized carbons (Fsp3) is 0.316. The lowest BCUT2D eigenvalue weighted by molar-refractivity contribution is 0.0676. The highest BCUT2D eigenvalue weighted by molar-refractivity contribution is 5.98. The highest BCUT2D eigenvalue weighted by Crippen LogP contribution is 2.39. The summed E-state index contributed by atoms with van der Waals surface area (Å²) >= 11 is 0. The first-order valence-electron chi connectivity index (χ1n) is 7.96. The topological polar surface area (TPSA) is 38.3 Å². The Bertz CT molecular complexity index is 742. The Kier molecular flexibility index (Phi) is 3.62. The number of rotatable bonds is 2. The second-order valence-corrected chi connectivity index (χ2v) is 6.23. The van der Waals surface area contributed by atoms with Crippen LogP contribution in [0.25, 0.3) is 0 Å².